The lowest BCUT2D eigenvalue weighted by atomic mass is 9.99. The first-order valence-corrected chi connectivity index (χ1v) is 13.6. The van der Waals surface area contributed by atoms with Crippen LogP contribution in [0.2, 0.25) is 0 Å². The van der Waals surface area contributed by atoms with Gasteiger partial charge in [0, 0.05) is 45.6 Å². The van der Waals surface area contributed by atoms with Crippen molar-refractivity contribution in [1.82, 2.24) is 0 Å². The maximum absolute atomic E-state index is 11.6. The second kappa shape index (κ2) is 18.7. The number of ether oxygens (including phenoxy) is 6. The van der Waals surface area contributed by atoms with E-state index in [0.717, 1.165) is 6.92 Å². The Morgan fingerprint density at radius 3 is 2.02 bits per heavy atom. The fourth-order valence-corrected chi connectivity index (χ4v) is 4.91. The molecule has 0 aromatic carbocycles. The van der Waals surface area contributed by atoms with E-state index in [0.29, 0.717) is 12.2 Å². The van der Waals surface area contributed by atoms with Gasteiger partial charge in [-0.15, -0.1) is 11.8 Å². The van der Waals surface area contributed by atoms with Crippen LogP contribution in [0.25, 0.3) is 10.4 Å². The van der Waals surface area contributed by atoms with Crippen molar-refractivity contribution >= 4 is 35.6 Å². The van der Waals surface area contributed by atoms with Gasteiger partial charge in [-0.2, -0.15) is 0 Å². The maximum Gasteiger partial charge on any atom is 0.303 e. The number of hydrogen-bond donors (Lipinski definition) is 4. The average Bonchev–Trinajstić information content (AvgIpc) is 2.87. The van der Waals surface area contributed by atoms with E-state index < -0.39 is 78.3 Å². The largest absolute Gasteiger partial charge is 0.463 e. The summed E-state index contributed by atoms with van der Waals surface area (Å²) in [6, 6.07) is 0. The minimum Gasteiger partial charge on any atom is -0.463 e. The molecule has 0 radical (unpaired) electrons. The SMILES string of the molecule is CC(=O)OCC1O[C@@H](SCCCO)C(OC(C)=O)[C@@H](OC(C)=O)[C@H]1OC(C)=O.[N-]=[N+]=NCC1C[C@H](O)C(O)[C@@H](O)O1. The molecule has 2 heterocycles. The molecule has 2 aliphatic rings. The normalized spacial score (nSPS) is 30.9. The van der Waals surface area contributed by atoms with Crippen molar-refractivity contribution in [2.45, 2.75) is 95.0 Å². The molecule has 0 aromatic heterocycles. The predicted octanol–water partition coefficient (Wildman–Crippen LogP) is -0.689. The topological polar surface area (TPSA) is 253 Å². The number of esters is 4. The van der Waals surface area contributed by atoms with Crippen molar-refractivity contribution in [3.63, 3.8) is 0 Å². The Labute approximate surface area is 240 Å². The maximum atomic E-state index is 11.6. The minimum atomic E-state index is -1.41. The summed E-state index contributed by atoms with van der Waals surface area (Å²) in [6.07, 6.45) is -8.00. The van der Waals surface area contributed by atoms with Gasteiger partial charge in [-0.1, -0.05) is 5.11 Å². The van der Waals surface area contributed by atoms with Crippen molar-refractivity contribution in [1.29, 1.82) is 0 Å². The molecule has 18 heteroatoms. The Kier molecular flexibility index (Phi) is 16.5. The summed E-state index contributed by atoms with van der Waals surface area (Å²) in [5, 5.41) is 39.5. The van der Waals surface area contributed by atoms with E-state index in [1.165, 1.54) is 32.5 Å². The molecule has 0 aromatic rings. The Morgan fingerprint density at radius 1 is 0.927 bits per heavy atom. The number of azide groups is 1. The van der Waals surface area contributed by atoms with Gasteiger partial charge in [-0.3, -0.25) is 19.2 Å². The molecule has 234 valence electrons. The van der Waals surface area contributed by atoms with E-state index in [4.69, 9.17) is 49.3 Å². The number of nitrogens with zero attached hydrogens (tertiary/aromatic N) is 3. The van der Waals surface area contributed by atoms with Gasteiger partial charge in [-0.05, 0) is 17.7 Å². The minimum absolute atomic E-state index is 0.0390. The molecule has 4 N–H and O–H groups in total. The number of aliphatic hydroxyl groups excluding tert-OH is 4. The summed E-state index contributed by atoms with van der Waals surface area (Å²) in [6.45, 7) is 4.47. The molecule has 17 nitrogen and oxygen atoms in total. The van der Waals surface area contributed by atoms with Crippen molar-refractivity contribution < 1.29 is 68.0 Å². The van der Waals surface area contributed by atoms with Crippen molar-refractivity contribution in [2.75, 3.05) is 25.5 Å². The molecule has 2 rings (SSSR count). The molecule has 2 aliphatic heterocycles. The highest BCUT2D eigenvalue weighted by Crippen LogP contribution is 2.34. The van der Waals surface area contributed by atoms with E-state index in [-0.39, 0.29) is 26.2 Å². The van der Waals surface area contributed by atoms with Gasteiger partial charge in [0.15, 0.2) is 24.6 Å². The van der Waals surface area contributed by atoms with E-state index >= 15 is 0 Å². The highest BCUT2D eigenvalue weighted by atomic mass is 32.2. The second-order valence-corrected chi connectivity index (χ2v) is 10.1. The van der Waals surface area contributed by atoms with Crippen molar-refractivity contribution in [3.05, 3.63) is 10.4 Å². The van der Waals surface area contributed by atoms with Crippen LogP contribution in [0.5, 0.6) is 0 Å². The number of carbonyl (C=O) groups excluding carboxylic acids is 4. The highest BCUT2D eigenvalue weighted by molar-refractivity contribution is 7.99. The Morgan fingerprint density at radius 2 is 1.51 bits per heavy atom. The fraction of sp³-hybridized carbons (Fsp3) is 0.826. The first-order valence-electron chi connectivity index (χ1n) is 12.5. The first kappa shape index (κ1) is 36.3. The molecule has 2 saturated heterocycles. The van der Waals surface area contributed by atoms with Crippen LogP contribution < -0.4 is 0 Å². The van der Waals surface area contributed by atoms with Crippen LogP contribution in [0, 0.1) is 0 Å². The van der Waals surface area contributed by atoms with Gasteiger partial charge in [0.05, 0.1) is 18.8 Å². The van der Waals surface area contributed by atoms with Gasteiger partial charge in [-0.25, -0.2) is 0 Å². The quantitative estimate of drug-likeness (QED) is 0.0563. The molecule has 41 heavy (non-hydrogen) atoms. The lowest BCUT2D eigenvalue weighted by Crippen LogP contribution is -2.61. The molecule has 0 bridgehead atoms. The summed E-state index contributed by atoms with van der Waals surface area (Å²) < 4.78 is 31.6. The standard InChI is InChI=1S/C17H26O10S.C6H11N3O4/c1-9(19)23-8-13-14(24-10(2)20)15(25-11(3)21)16(26-12(4)22)17(27-13)28-7-5-6-18;7-9-8-2-3-1-4(10)5(11)6(12)13-3/h13-18H,5-8H2,1-4H3;3-6,10-12H,1-2H2/t13?,14-,15-,16?,17-;3?,4-,5?,6-/m00/s1. The second-order valence-electron chi connectivity index (χ2n) is 8.87. The highest BCUT2D eigenvalue weighted by Gasteiger charge is 2.52. The summed E-state index contributed by atoms with van der Waals surface area (Å²) in [5.74, 6) is -2.10. The van der Waals surface area contributed by atoms with Crippen LogP contribution in [0.15, 0.2) is 5.11 Å². The fourth-order valence-electron chi connectivity index (χ4n) is 3.76. The molecule has 0 spiro atoms. The third kappa shape index (κ3) is 13.2. The van der Waals surface area contributed by atoms with Gasteiger partial charge < -0.3 is 48.8 Å². The molecular weight excluding hydrogens is 574 g/mol. The zero-order valence-electron chi connectivity index (χ0n) is 23.1. The lowest BCUT2D eigenvalue weighted by molar-refractivity contribution is -0.244. The third-order valence-electron chi connectivity index (χ3n) is 5.40. The van der Waals surface area contributed by atoms with Gasteiger partial charge in [0.2, 0.25) is 0 Å². The zero-order chi connectivity index (χ0) is 31.1. The van der Waals surface area contributed by atoms with Gasteiger partial charge >= 0.3 is 23.9 Å². The monoisotopic (exact) mass is 611 g/mol. The number of carbonyl (C=O) groups is 4. The van der Waals surface area contributed by atoms with Crippen molar-refractivity contribution in [3.8, 4) is 0 Å². The molecule has 0 aliphatic carbocycles. The van der Waals surface area contributed by atoms with Crippen LogP contribution in [0.3, 0.4) is 0 Å². The van der Waals surface area contributed by atoms with Crippen LogP contribution in [0.1, 0.15) is 40.5 Å². The average molecular weight is 612 g/mol. The summed E-state index contributed by atoms with van der Waals surface area (Å²) in [4.78, 5) is 48.5. The first-order chi connectivity index (χ1) is 19.3. The Hall–Kier alpha value is -2.70. The molecule has 4 unspecified atom stereocenters. The Balaban J connectivity index is 0.000000537. The number of rotatable bonds is 11. The van der Waals surface area contributed by atoms with Crippen molar-refractivity contribution in [2.24, 2.45) is 5.11 Å². The van der Waals surface area contributed by atoms with E-state index in [1.807, 2.05) is 0 Å². The van der Waals surface area contributed by atoms with Crippen LogP contribution in [0.4, 0.5) is 0 Å². The summed E-state index contributed by atoms with van der Waals surface area (Å²) >= 11 is 1.23. The van der Waals surface area contributed by atoms with E-state index in [2.05, 4.69) is 10.0 Å². The number of hydrogen-bond acceptors (Lipinski definition) is 16. The third-order valence-corrected chi connectivity index (χ3v) is 6.64. The molecule has 0 saturated carbocycles. The number of thioether (sulfide) groups is 1. The van der Waals surface area contributed by atoms with Crippen LogP contribution >= 0.6 is 11.8 Å². The smallest absolute Gasteiger partial charge is 0.303 e. The molecule has 0 amide bonds. The van der Waals surface area contributed by atoms with E-state index in [1.54, 1.807) is 0 Å². The van der Waals surface area contributed by atoms with Gasteiger partial charge in [0.1, 0.15) is 24.3 Å². The zero-order valence-corrected chi connectivity index (χ0v) is 23.9. The van der Waals surface area contributed by atoms with Crippen LogP contribution in [-0.2, 0) is 47.6 Å². The number of aliphatic hydroxyl groups is 4. The molecule has 9 atom stereocenters. The molecular formula is C23H37N3O14S. The lowest BCUT2D eigenvalue weighted by Gasteiger charge is -2.44. The van der Waals surface area contributed by atoms with Gasteiger partial charge in [0.25, 0.3) is 0 Å². The van der Waals surface area contributed by atoms with E-state index in [9.17, 15) is 24.3 Å². The molecule has 2 fully saturated rings. The van der Waals surface area contributed by atoms with Crippen LogP contribution in [-0.4, -0.2) is 124 Å². The summed E-state index contributed by atoms with van der Waals surface area (Å²) in [5.41, 5.74) is 7.21. The Bertz CT molecular complexity index is 908. The summed E-state index contributed by atoms with van der Waals surface area (Å²) in [7, 11) is 0. The predicted molar refractivity (Wildman–Crippen MR) is 138 cm³/mol.